The van der Waals surface area contributed by atoms with Crippen molar-refractivity contribution in [1.82, 2.24) is 15.3 Å². The van der Waals surface area contributed by atoms with Gasteiger partial charge < -0.3 is 15.0 Å². The summed E-state index contributed by atoms with van der Waals surface area (Å²) in [6, 6.07) is 7.26. The van der Waals surface area contributed by atoms with Gasteiger partial charge in [-0.15, -0.1) is 0 Å². The van der Waals surface area contributed by atoms with Gasteiger partial charge in [0.25, 0.3) is 0 Å². The molecule has 7 nitrogen and oxygen atoms in total. The van der Waals surface area contributed by atoms with Crippen LogP contribution in [0, 0.1) is 0 Å². The number of ketones is 1. The first-order valence-corrected chi connectivity index (χ1v) is 9.87. The molecule has 0 bridgehead atoms. The van der Waals surface area contributed by atoms with Crippen molar-refractivity contribution < 1.29 is 14.3 Å². The van der Waals surface area contributed by atoms with Gasteiger partial charge in [0, 0.05) is 41.5 Å². The number of urea groups is 1. The number of carbonyl (C=O) groups is 2. The number of amides is 2. The van der Waals surface area contributed by atoms with E-state index in [9.17, 15) is 9.59 Å². The lowest BCUT2D eigenvalue weighted by atomic mass is 9.97. The minimum absolute atomic E-state index is 0.0867. The summed E-state index contributed by atoms with van der Waals surface area (Å²) in [4.78, 5) is 35.0. The van der Waals surface area contributed by atoms with Gasteiger partial charge in [0.15, 0.2) is 5.78 Å². The van der Waals surface area contributed by atoms with Gasteiger partial charge in [-0.1, -0.05) is 25.5 Å². The Morgan fingerprint density at radius 1 is 1.31 bits per heavy atom. The monoisotopic (exact) mass is 392 g/mol. The zero-order valence-electron chi connectivity index (χ0n) is 16.6. The van der Waals surface area contributed by atoms with Crippen LogP contribution in [0.4, 0.5) is 10.5 Å². The van der Waals surface area contributed by atoms with E-state index >= 15 is 0 Å². The summed E-state index contributed by atoms with van der Waals surface area (Å²) in [5.41, 5.74) is 3.52. The fraction of sp³-hybridized carbons (Fsp3) is 0.318. The molecule has 1 aliphatic heterocycles. The third-order valence-electron chi connectivity index (χ3n) is 5.31. The van der Waals surface area contributed by atoms with E-state index in [1.165, 1.54) is 0 Å². The first-order chi connectivity index (χ1) is 14.1. The van der Waals surface area contributed by atoms with Crippen molar-refractivity contribution in [2.45, 2.75) is 26.2 Å². The number of pyridine rings is 1. The normalized spacial score (nSPS) is 12.8. The first-order valence-electron chi connectivity index (χ1n) is 9.87. The summed E-state index contributed by atoms with van der Waals surface area (Å²) in [5.74, 6) is 0.510. The molecule has 2 N–H and O–H groups in total. The highest BCUT2D eigenvalue weighted by Gasteiger charge is 2.29. The molecule has 3 aromatic rings. The van der Waals surface area contributed by atoms with Gasteiger partial charge in [-0.25, -0.2) is 9.78 Å². The third kappa shape index (κ3) is 3.44. The minimum Gasteiger partial charge on any atom is -0.495 e. The highest BCUT2D eigenvalue weighted by molar-refractivity contribution is 6.17. The number of ether oxygens (including phenoxy) is 1. The number of anilines is 1. The molecule has 0 saturated carbocycles. The Bertz CT molecular complexity index is 1070. The van der Waals surface area contributed by atoms with Crippen LogP contribution in [0.1, 0.15) is 41.3 Å². The number of benzene rings is 1. The van der Waals surface area contributed by atoms with Crippen molar-refractivity contribution in [3.05, 3.63) is 53.3 Å². The van der Waals surface area contributed by atoms with Crippen molar-refractivity contribution >= 4 is 28.5 Å². The van der Waals surface area contributed by atoms with Gasteiger partial charge in [0.1, 0.15) is 11.4 Å². The summed E-state index contributed by atoms with van der Waals surface area (Å²) < 4.78 is 5.25. The van der Waals surface area contributed by atoms with E-state index in [1.807, 2.05) is 24.3 Å². The molecule has 0 radical (unpaired) electrons. The zero-order valence-corrected chi connectivity index (χ0v) is 16.6. The number of carbonyl (C=O) groups excluding carboxylic acids is 2. The quantitative estimate of drug-likeness (QED) is 0.495. The fourth-order valence-electron chi connectivity index (χ4n) is 3.75. The molecule has 1 aromatic carbocycles. The Hall–Kier alpha value is -3.35. The van der Waals surface area contributed by atoms with Gasteiger partial charge >= 0.3 is 6.03 Å². The predicted molar refractivity (Wildman–Crippen MR) is 112 cm³/mol. The molecule has 0 aliphatic carbocycles. The van der Waals surface area contributed by atoms with E-state index in [2.05, 4.69) is 22.2 Å². The molecule has 4 rings (SSSR count). The van der Waals surface area contributed by atoms with E-state index < -0.39 is 0 Å². The van der Waals surface area contributed by atoms with E-state index in [4.69, 9.17) is 4.74 Å². The molecule has 0 unspecified atom stereocenters. The van der Waals surface area contributed by atoms with Crippen molar-refractivity contribution in [2.75, 3.05) is 25.1 Å². The highest BCUT2D eigenvalue weighted by atomic mass is 16.5. The van der Waals surface area contributed by atoms with Gasteiger partial charge in [0.2, 0.25) is 0 Å². The van der Waals surface area contributed by atoms with Crippen LogP contribution >= 0.6 is 0 Å². The van der Waals surface area contributed by atoms with E-state index in [0.717, 1.165) is 29.5 Å². The number of hydrogen-bond donors (Lipinski definition) is 2. The second kappa shape index (κ2) is 7.95. The lowest BCUT2D eigenvalue weighted by molar-refractivity contribution is 0.103. The second-order valence-corrected chi connectivity index (χ2v) is 7.09. The number of unbranched alkanes of at least 4 members (excludes halogenated alkanes) is 1. The molecular weight excluding hydrogens is 368 g/mol. The van der Waals surface area contributed by atoms with Gasteiger partial charge in [-0.05, 0) is 30.5 Å². The molecule has 0 saturated heterocycles. The van der Waals surface area contributed by atoms with Crippen LogP contribution in [0.2, 0.25) is 0 Å². The molecule has 7 heteroatoms. The van der Waals surface area contributed by atoms with Crippen LogP contribution < -0.4 is 15.0 Å². The van der Waals surface area contributed by atoms with Crippen molar-refractivity contribution in [3.63, 3.8) is 0 Å². The number of methoxy groups -OCH3 is 1. The number of H-pyrrole nitrogens is 1. The maximum atomic E-state index is 13.4. The zero-order chi connectivity index (χ0) is 20.4. The van der Waals surface area contributed by atoms with E-state index in [0.29, 0.717) is 42.0 Å². The van der Waals surface area contributed by atoms with Crippen molar-refractivity contribution in [2.24, 2.45) is 0 Å². The fourth-order valence-corrected chi connectivity index (χ4v) is 3.75. The van der Waals surface area contributed by atoms with Crippen LogP contribution in [-0.2, 0) is 6.42 Å². The molecule has 150 valence electrons. The number of rotatable bonds is 6. The van der Waals surface area contributed by atoms with E-state index in [1.54, 1.807) is 24.4 Å². The minimum atomic E-state index is -0.108. The van der Waals surface area contributed by atoms with Crippen molar-refractivity contribution in [3.8, 4) is 5.75 Å². The molecule has 2 amide bonds. The van der Waals surface area contributed by atoms with Crippen LogP contribution in [0.3, 0.4) is 0 Å². The highest BCUT2D eigenvalue weighted by Crippen LogP contribution is 2.33. The average molecular weight is 392 g/mol. The molecule has 1 aliphatic rings. The smallest absolute Gasteiger partial charge is 0.321 e. The van der Waals surface area contributed by atoms with Gasteiger partial charge in [-0.3, -0.25) is 9.69 Å². The van der Waals surface area contributed by atoms with Crippen molar-refractivity contribution in [1.29, 1.82) is 0 Å². The molecule has 3 heterocycles. The van der Waals surface area contributed by atoms with Crippen LogP contribution in [0.5, 0.6) is 5.75 Å². The lowest BCUT2D eigenvalue weighted by Gasteiger charge is -2.18. The van der Waals surface area contributed by atoms with Crippen LogP contribution in [-0.4, -0.2) is 42.0 Å². The number of nitrogens with one attached hydrogen (secondary N) is 2. The van der Waals surface area contributed by atoms with Gasteiger partial charge in [-0.2, -0.15) is 0 Å². The Morgan fingerprint density at radius 3 is 2.97 bits per heavy atom. The number of aromatic amines is 1. The molecule has 0 atom stereocenters. The summed E-state index contributed by atoms with van der Waals surface area (Å²) in [7, 11) is 1.57. The summed E-state index contributed by atoms with van der Waals surface area (Å²) in [5, 5.41) is 3.68. The SMILES string of the molecule is CCCCNC(=O)N1CCc2c(C(=O)c3c[nH]c4ncc(OC)cc34)cccc21. The number of fused-ring (bicyclic) bond motifs is 2. The number of aromatic nitrogens is 2. The lowest BCUT2D eigenvalue weighted by Crippen LogP contribution is -2.39. The Morgan fingerprint density at radius 2 is 2.17 bits per heavy atom. The summed E-state index contributed by atoms with van der Waals surface area (Å²) in [6.07, 6.45) is 5.93. The first kappa shape index (κ1) is 19.0. The molecule has 0 spiro atoms. The largest absolute Gasteiger partial charge is 0.495 e. The number of nitrogens with zero attached hydrogens (tertiary/aromatic N) is 2. The maximum Gasteiger partial charge on any atom is 0.321 e. The Kier molecular flexibility index (Phi) is 5.20. The molecule has 2 aromatic heterocycles. The second-order valence-electron chi connectivity index (χ2n) is 7.09. The summed E-state index contributed by atoms with van der Waals surface area (Å²) in [6.45, 7) is 3.32. The predicted octanol–water partition coefficient (Wildman–Crippen LogP) is 3.67. The molecule has 0 fully saturated rings. The van der Waals surface area contributed by atoms with E-state index in [-0.39, 0.29) is 11.8 Å². The Labute approximate surface area is 169 Å². The van der Waals surface area contributed by atoms with Crippen LogP contribution in [0.25, 0.3) is 11.0 Å². The summed E-state index contributed by atoms with van der Waals surface area (Å²) >= 11 is 0. The topological polar surface area (TPSA) is 87.3 Å². The standard InChI is InChI=1S/C22H24N4O3/c1-3-4-9-23-22(28)26-10-8-15-16(6-5-7-19(15)26)20(27)18-13-25-21-17(18)11-14(29-2)12-24-21/h5-7,11-13H,3-4,8-10H2,1-2H3,(H,23,28)(H,24,25). The number of hydrogen-bond acceptors (Lipinski definition) is 4. The third-order valence-corrected chi connectivity index (χ3v) is 5.31. The average Bonchev–Trinajstić information content (AvgIpc) is 3.37. The van der Waals surface area contributed by atoms with Gasteiger partial charge in [0.05, 0.1) is 13.3 Å². The Balaban J connectivity index is 1.66. The molecular formula is C22H24N4O3. The van der Waals surface area contributed by atoms with Crippen LogP contribution in [0.15, 0.2) is 36.7 Å². The molecule has 29 heavy (non-hydrogen) atoms. The maximum absolute atomic E-state index is 13.4.